The Morgan fingerprint density at radius 2 is 1.78 bits per heavy atom. The van der Waals surface area contributed by atoms with Gasteiger partial charge in [0.05, 0.1) is 6.02 Å². The second kappa shape index (κ2) is 9.59. The van der Waals surface area contributed by atoms with Crippen LogP contribution in [0.2, 0.25) is 0 Å². The van der Waals surface area contributed by atoms with E-state index in [1.54, 1.807) is 12.1 Å². The van der Waals surface area contributed by atoms with Gasteiger partial charge < -0.3 is 10.4 Å². The molecule has 0 aliphatic heterocycles. The number of amidine groups is 1. The van der Waals surface area contributed by atoms with Crippen LogP contribution in [0.5, 0.6) is 0 Å². The molecular formula is C21H13F6N7O2. The van der Waals surface area contributed by atoms with Crippen LogP contribution in [0.1, 0.15) is 17.0 Å². The summed E-state index contributed by atoms with van der Waals surface area (Å²) in [6.07, 6.45) is -5.28. The Bertz CT molecular complexity index is 1380. The molecule has 0 atom stereocenters. The fraction of sp³-hybridized carbons (Fsp3) is 0.143. The molecule has 0 radical (unpaired) electrons. The molecule has 0 fully saturated rings. The number of benzene rings is 1. The Kier molecular flexibility index (Phi) is 6.55. The lowest BCUT2D eigenvalue weighted by atomic mass is 10.0. The number of rotatable bonds is 5. The molecule has 0 saturated heterocycles. The third-order valence-corrected chi connectivity index (χ3v) is 4.60. The number of nitrogens with one attached hydrogen (secondary N) is 1. The molecular weight excluding hydrogens is 496 g/mol. The van der Waals surface area contributed by atoms with Crippen molar-refractivity contribution in [2.45, 2.75) is 18.9 Å². The molecule has 0 unspecified atom stereocenters. The van der Waals surface area contributed by atoms with Crippen LogP contribution in [0.4, 0.5) is 37.9 Å². The smallest absolute Gasteiger partial charge is 0.434 e. The molecule has 4 aromatic rings. The number of hydrogen-bond donors (Lipinski definition) is 1. The summed E-state index contributed by atoms with van der Waals surface area (Å²) in [6, 6.07) is 6.86. The summed E-state index contributed by atoms with van der Waals surface area (Å²) in [5, 5.41) is 17.9. The van der Waals surface area contributed by atoms with Crippen molar-refractivity contribution in [2.75, 3.05) is 5.32 Å². The molecule has 15 heteroatoms. The van der Waals surface area contributed by atoms with Gasteiger partial charge in [0.15, 0.2) is 5.69 Å². The van der Waals surface area contributed by atoms with Crippen molar-refractivity contribution in [1.29, 1.82) is 0 Å². The number of nitrogens with zero attached hydrogens (tertiary/aromatic N) is 6. The van der Waals surface area contributed by atoms with Gasteiger partial charge in [-0.2, -0.15) is 26.3 Å². The second-order valence-corrected chi connectivity index (χ2v) is 7.19. The molecule has 3 heterocycles. The number of alkyl halides is 6. The van der Waals surface area contributed by atoms with E-state index in [1.165, 1.54) is 23.0 Å². The van der Waals surface area contributed by atoms with Gasteiger partial charge in [-0.25, -0.2) is 15.0 Å². The van der Waals surface area contributed by atoms with E-state index in [1.807, 2.05) is 0 Å². The fourth-order valence-electron chi connectivity index (χ4n) is 3.05. The molecule has 4 rings (SSSR count). The maximum absolute atomic E-state index is 13.2. The molecule has 3 aromatic heterocycles. The topological polar surface area (TPSA) is 116 Å². The van der Waals surface area contributed by atoms with Crippen molar-refractivity contribution in [3.8, 4) is 11.1 Å². The summed E-state index contributed by atoms with van der Waals surface area (Å²) in [5.74, 6) is -0.231. The zero-order valence-electron chi connectivity index (χ0n) is 17.7. The van der Waals surface area contributed by atoms with E-state index < -0.39 is 29.8 Å². The van der Waals surface area contributed by atoms with Gasteiger partial charge in [-0.1, -0.05) is 24.3 Å². The first kappa shape index (κ1) is 24.6. The van der Waals surface area contributed by atoms with Crippen LogP contribution in [0.15, 0.2) is 70.8 Å². The van der Waals surface area contributed by atoms with Crippen molar-refractivity contribution in [3.05, 3.63) is 78.3 Å². The van der Waals surface area contributed by atoms with E-state index >= 15 is 0 Å². The molecule has 0 bridgehead atoms. The fourth-order valence-corrected chi connectivity index (χ4v) is 3.05. The van der Waals surface area contributed by atoms with Gasteiger partial charge in [-0.15, -0.1) is 0 Å². The lowest BCUT2D eigenvalue weighted by Gasteiger charge is -2.13. The van der Waals surface area contributed by atoms with Gasteiger partial charge in [-0.3, -0.25) is 9.51 Å². The summed E-state index contributed by atoms with van der Waals surface area (Å²) in [5.41, 5.74) is -1.69. The van der Waals surface area contributed by atoms with E-state index in [2.05, 4.69) is 30.5 Å². The zero-order valence-corrected chi connectivity index (χ0v) is 17.7. The highest BCUT2D eigenvalue weighted by Crippen LogP contribution is 2.35. The number of anilines is 1. The Morgan fingerprint density at radius 1 is 1.03 bits per heavy atom. The monoisotopic (exact) mass is 509 g/mol. The quantitative estimate of drug-likeness (QED) is 0.190. The van der Waals surface area contributed by atoms with Crippen LogP contribution >= 0.6 is 0 Å². The highest BCUT2D eigenvalue weighted by Gasteiger charge is 2.35. The summed E-state index contributed by atoms with van der Waals surface area (Å²) in [4.78, 5) is 13.7. The first-order valence-corrected chi connectivity index (χ1v) is 9.88. The van der Waals surface area contributed by atoms with E-state index in [0.717, 1.165) is 24.8 Å². The SMILES string of the molecule is [O-]C(=Nc1c[n+](Cc2ccc(-c3cncnc3C(F)(F)F)cc2)no1)Nc1ccnc(C(F)(F)F)c1. The number of aliphatic imine (C=N–C) groups is 1. The van der Waals surface area contributed by atoms with Crippen LogP contribution in [-0.2, 0) is 18.9 Å². The van der Waals surface area contributed by atoms with Gasteiger partial charge in [0.25, 0.3) is 6.20 Å². The van der Waals surface area contributed by atoms with Gasteiger partial charge in [0, 0.05) is 29.2 Å². The van der Waals surface area contributed by atoms with Crippen LogP contribution < -0.4 is 15.1 Å². The van der Waals surface area contributed by atoms with E-state index in [4.69, 9.17) is 4.52 Å². The summed E-state index contributed by atoms with van der Waals surface area (Å²) in [7, 11) is 0. The third kappa shape index (κ3) is 5.92. The Hall–Kier alpha value is -4.56. The minimum absolute atomic E-state index is 0.123. The van der Waals surface area contributed by atoms with Crippen molar-refractivity contribution >= 4 is 17.6 Å². The number of halogens is 6. The van der Waals surface area contributed by atoms with Gasteiger partial charge in [0.1, 0.15) is 12.0 Å². The van der Waals surface area contributed by atoms with Crippen LogP contribution in [-0.4, -0.2) is 26.2 Å². The second-order valence-electron chi connectivity index (χ2n) is 7.19. The zero-order chi connectivity index (χ0) is 25.9. The molecule has 186 valence electrons. The van der Waals surface area contributed by atoms with E-state index in [9.17, 15) is 31.4 Å². The number of pyridine rings is 1. The highest BCUT2D eigenvalue weighted by molar-refractivity contribution is 5.86. The molecule has 1 N–H and O–H groups in total. The number of hydrogen-bond acceptors (Lipinski definition) is 7. The lowest BCUT2D eigenvalue weighted by Crippen LogP contribution is -2.35. The van der Waals surface area contributed by atoms with Crippen LogP contribution in [0, 0.1) is 0 Å². The summed E-state index contributed by atoms with van der Waals surface area (Å²) in [6.45, 7) is 0.123. The minimum Gasteiger partial charge on any atom is -0.846 e. The molecule has 0 aliphatic rings. The van der Waals surface area contributed by atoms with Gasteiger partial charge >= 0.3 is 18.2 Å². The third-order valence-electron chi connectivity index (χ3n) is 4.60. The standard InChI is InChI=1S/C21H13F6N7O2/c22-20(23,24)16-7-14(5-6-29-16)31-19(35)32-17-10-34(33-36-17)9-12-1-3-13(4-2-12)15-8-28-11-30-18(15)21(25,26)27/h1-8,10-11H,9H2,(H-,29,31,32,33,35). The van der Waals surface area contributed by atoms with Crippen molar-refractivity contribution in [1.82, 2.24) is 20.2 Å². The Balaban J connectivity index is 1.44. The largest absolute Gasteiger partial charge is 0.846 e. The molecule has 1 aromatic carbocycles. The highest BCUT2D eigenvalue weighted by atomic mass is 19.4. The van der Waals surface area contributed by atoms with E-state index in [0.29, 0.717) is 11.6 Å². The summed E-state index contributed by atoms with van der Waals surface area (Å²) >= 11 is 0. The first-order chi connectivity index (χ1) is 17.0. The minimum atomic E-state index is -4.68. The van der Waals surface area contributed by atoms with Crippen molar-refractivity contribution in [3.63, 3.8) is 0 Å². The van der Waals surface area contributed by atoms with Crippen molar-refractivity contribution < 1.29 is 40.7 Å². The molecule has 0 spiro atoms. The normalized spacial score (nSPS) is 12.6. The average molecular weight is 509 g/mol. The summed E-state index contributed by atoms with van der Waals surface area (Å²) < 4.78 is 83.9. The number of aromatic nitrogens is 5. The lowest BCUT2D eigenvalue weighted by molar-refractivity contribution is -0.754. The molecule has 36 heavy (non-hydrogen) atoms. The molecule has 9 nitrogen and oxygen atoms in total. The predicted molar refractivity (Wildman–Crippen MR) is 108 cm³/mol. The molecule has 0 saturated carbocycles. The van der Waals surface area contributed by atoms with Crippen molar-refractivity contribution in [2.24, 2.45) is 4.99 Å². The maximum Gasteiger partial charge on any atom is 0.434 e. The van der Waals surface area contributed by atoms with Gasteiger partial charge in [0.2, 0.25) is 11.8 Å². The van der Waals surface area contributed by atoms with Crippen LogP contribution in [0.3, 0.4) is 0 Å². The average Bonchev–Trinajstić information content (AvgIpc) is 3.25. The van der Waals surface area contributed by atoms with Gasteiger partial charge in [-0.05, 0) is 22.4 Å². The Labute approximate surface area is 197 Å². The Morgan fingerprint density at radius 3 is 2.47 bits per heavy atom. The maximum atomic E-state index is 13.2. The molecule has 0 amide bonds. The molecule has 0 aliphatic carbocycles. The van der Waals surface area contributed by atoms with E-state index in [-0.39, 0.29) is 29.2 Å². The predicted octanol–water partition coefficient (Wildman–Crippen LogP) is 3.36. The first-order valence-electron chi connectivity index (χ1n) is 9.88. The van der Waals surface area contributed by atoms with Crippen LogP contribution in [0.25, 0.3) is 11.1 Å².